The smallest absolute Gasteiger partial charge is 0.126 e. The molecular formula is C18H22FN3O2. The highest BCUT2D eigenvalue weighted by molar-refractivity contribution is 5.58. The summed E-state index contributed by atoms with van der Waals surface area (Å²) >= 11 is 0. The first-order chi connectivity index (χ1) is 11.8. The molecule has 0 saturated carbocycles. The maximum Gasteiger partial charge on any atom is 0.126 e. The second-order valence-corrected chi connectivity index (χ2v) is 6.36. The van der Waals surface area contributed by atoms with Crippen LogP contribution in [0.15, 0.2) is 30.5 Å². The van der Waals surface area contributed by atoms with Gasteiger partial charge in [0.15, 0.2) is 0 Å². The van der Waals surface area contributed by atoms with Crippen molar-refractivity contribution in [3.05, 3.63) is 42.1 Å². The summed E-state index contributed by atoms with van der Waals surface area (Å²) < 4.78 is 24.3. The molecule has 5 nitrogen and oxygen atoms in total. The monoisotopic (exact) mass is 331 g/mol. The first-order valence-corrected chi connectivity index (χ1v) is 8.53. The molecule has 0 bridgehead atoms. The Hall–Kier alpha value is -1.76. The van der Waals surface area contributed by atoms with E-state index in [9.17, 15) is 4.39 Å². The van der Waals surface area contributed by atoms with Gasteiger partial charge >= 0.3 is 0 Å². The van der Waals surface area contributed by atoms with Crippen molar-refractivity contribution in [2.24, 2.45) is 0 Å². The van der Waals surface area contributed by atoms with E-state index in [0.717, 1.165) is 56.3 Å². The number of nitrogens with zero attached hydrogens (tertiary/aromatic N) is 2. The Morgan fingerprint density at radius 3 is 2.67 bits per heavy atom. The van der Waals surface area contributed by atoms with Gasteiger partial charge in [0.25, 0.3) is 0 Å². The molecule has 0 unspecified atom stereocenters. The van der Waals surface area contributed by atoms with E-state index in [1.165, 1.54) is 12.1 Å². The Morgan fingerprint density at radius 1 is 1.08 bits per heavy atom. The molecule has 1 N–H and O–H groups in total. The van der Waals surface area contributed by atoms with Crippen LogP contribution in [0.4, 0.5) is 4.39 Å². The summed E-state index contributed by atoms with van der Waals surface area (Å²) in [7, 11) is 0. The van der Waals surface area contributed by atoms with Crippen LogP contribution in [0.3, 0.4) is 0 Å². The van der Waals surface area contributed by atoms with E-state index in [1.807, 2.05) is 6.20 Å². The number of ether oxygens (including phenoxy) is 2. The lowest BCUT2D eigenvalue weighted by molar-refractivity contribution is -0.0589. The van der Waals surface area contributed by atoms with Gasteiger partial charge < -0.3 is 14.5 Å². The highest BCUT2D eigenvalue weighted by Gasteiger charge is 2.33. The van der Waals surface area contributed by atoms with E-state index < -0.39 is 0 Å². The quantitative estimate of drug-likeness (QED) is 0.940. The van der Waals surface area contributed by atoms with E-state index in [-0.39, 0.29) is 11.9 Å². The topological polar surface area (TPSA) is 50.4 Å². The summed E-state index contributed by atoms with van der Waals surface area (Å²) in [6.45, 7) is 3.98. The van der Waals surface area contributed by atoms with Crippen LogP contribution in [-0.2, 0) is 9.47 Å². The number of aromatic nitrogens is 2. The molecule has 3 heterocycles. The van der Waals surface area contributed by atoms with E-state index in [0.29, 0.717) is 12.6 Å². The van der Waals surface area contributed by atoms with Gasteiger partial charge in [0.1, 0.15) is 11.6 Å². The number of halogens is 1. The van der Waals surface area contributed by atoms with Crippen LogP contribution in [-0.4, -0.2) is 53.9 Å². The molecule has 6 heteroatoms. The summed E-state index contributed by atoms with van der Waals surface area (Å²) in [6, 6.07) is 7.12. The molecule has 0 aliphatic carbocycles. The number of benzene rings is 1. The SMILES string of the molecule is Fc1ccc(-c2cnc([C@@H]3COCCN3C3CCOCC3)[nH]2)cc1. The molecule has 0 radical (unpaired) electrons. The molecule has 2 aromatic rings. The maximum absolute atomic E-state index is 13.1. The van der Waals surface area contributed by atoms with Gasteiger partial charge in [-0.3, -0.25) is 4.90 Å². The Bertz CT molecular complexity index is 667. The summed E-state index contributed by atoms with van der Waals surface area (Å²) in [4.78, 5) is 10.5. The molecule has 2 saturated heterocycles. The summed E-state index contributed by atoms with van der Waals surface area (Å²) in [5.74, 6) is 0.686. The second kappa shape index (κ2) is 7.01. The highest BCUT2D eigenvalue weighted by atomic mass is 19.1. The number of aromatic amines is 1. The summed E-state index contributed by atoms with van der Waals surface area (Å²) in [5, 5.41) is 0. The fourth-order valence-corrected chi connectivity index (χ4v) is 3.59. The fourth-order valence-electron chi connectivity index (χ4n) is 3.59. The van der Waals surface area contributed by atoms with Crippen molar-refractivity contribution in [2.75, 3.05) is 33.0 Å². The van der Waals surface area contributed by atoms with Gasteiger partial charge in [-0.05, 0) is 42.7 Å². The van der Waals surface area contributed by atoms with Crippen molar-refractivity contribution in [1.29, 1.82) is 0 Å². The molecule has 2 aliphatic rings. The average molecular weight is 331 g/mol. The Balaban J connectivity index is 1.56. The summed E-state index contributed by atoms with van der Waals surface area (Å²) in [6.07, 6.45) is 3.93. The van der Waals surface area contributed by atoms with Crippen molar-refractivity contribution in [1.82, 2.24) is 14.9 Å². The van der Waals surface area contributed by atoms with E-state index in [2.05, 4.69) is 14.9 Å². The normalized spacial score (nSPS) is 23.5. The number of nitrogens with one attached hydrogen (secondary N) is 1. The molecular weight excluding hydrogens is 309 g/mol. The fraction of sp³-hybridized carbons (Fsp3) is 0.500. The van der Waals surface area contributed by atoms with Gasteiger partial charge in [0.05, 0.1) is 31.1 Å². The van der Waals surface area contributed by atoms with Crippen LogP contribution in [0.2, 0.25) is 0 Å². The lowest BCUT2D eigenvalue weighted by Crippen LogP contribution is -2.48. The minimum absolute atomic E-state index is 0.135. The second-order valence-electron chi connectivity index (χ2n) is 6.36. The number of hydrogen-bond acceptors (Lipinski definition) is 4. The first kappa shape index (κ1) is 15.7. The van der Waals surface area contributed by atoms with Gasteiger partial charge in [-0.2, -0.15) is 0 Å². The number of rotatable bonds is 3. The van der Waals surface area contributed by atoms with Crippen LogP contribution in [0.5, 0.6) is 0 Å². The Kier molecular flexibility index (Phi) is 4.60. The molecule has 24 heavy (non-hydrogen) atoms. The van der Waals surface area contributed by atoms with E-state index in [4.69, 9.17) is 9.47 Å². The van der Waals surface area contributed by atoms with Gasteiger partial charge in [-0.1, -0.05) is 0 Å². The zero-order chi connectivity index (χ0) is 16.4. The molecule has 0 spiro atoms. The zero-order valence-electron chi connectivity index (χ0n) is 13.6. The van der Waals surface area contributed by atoms with Crippen LogP contribution in [0, 0.1) is 5.82 Å². The third kappa shape index (κ3) is 3.22. The Labute approximate surface area is 140 Å². The van der Waals surface area contributed by atoms with Crippen LogP contribution in [0.25, 0.3) is 11.3 Å². The number of morpholine rings is 1. The third-order valence-corrected chi connectivity index (χ3v) is 4.90. The van der Waals surface area contributed by atoms with Crippen LogP contribution < -0.4 is 0 Å². The molecule has 4 rings (SSSR count). The number of H-pyrrole nitrogens is 1. The van der Waals surface area contributed by atoms with Gasteiger partial charge in [0.2, 0.25) is 0 Å². The lowest BCUT2D eigenvalue weighted by Gasteiger charge is -2.41. The largest absolute Gasteiger partial charge is 0.381 e. The van der Waals surface area contributed by atoms with Crippen molar-refractivity contribution in [3.63, 3.8) is 0 Å². The van der Waals surface area contributed by atoms with Crippen LogP contribution in [0.1, 0.15) is 24.7 Å². The van der Waals surface area contributed by atoms with Crippen molar-refractivity contribution in [2.45, 2.75) is 24.9 Å². The molecule has 2 aliphatic heterocycles. The standard InChI is InChI=1S/C18H22FN3O2/c19-14-3-1-13(2-4-14)16-11-20-18(21-16)17-12-24-10-7-22(17)15-5-8-23-9-6-15/h1-4,11,15,17H,5-10,12H2,(H,20,21)/t17-/m0/s1. The van der Waals surface area contributed by atoms with Gasteiger partial charge in [-0.15, -0.1) is 0 Å². The van der Waals surface area contributed by atoms with Gasteiger partial charge in [0, 0.05) is 25.8 Å². The molecule has 2 fully saturated rings. The highest BCUT2D eigenvalue weighted by Crippen LogP contribution is 2.29. The number of hydrogen-bond donors (Lipinski definition) is 1. The van der Waals surface area contributed by atoms with Gasteiger partial charge in [-0.25, -0.2) is 9.37 Å². The minimum Gasteiger partial charge on any atom is -0.381 e. The molecule has 1 aromatic carbocycles. The Morgan fingerprint density at radius 2 is 1.88 bits per heavy atom. The van der Waals surface area contributed by atoms with Crippen molar-refractivity contribution >= 4 is 0 Å². The lowest BCUT2D eigenvalue weighted by atomic mass is 10.0. The molecule has 1 aromatic heterocycles. The first-order valence-electron chi connectivity index (χ1n) is 8.53. The average Bonchev–Trinajstić information content (AvgIpc) is 3.13. The van der Waals surface area contributed by atoms with Crippen LogP contribution >= 0.6 is 0 Å². The molecule has 128 valence electrons. The third-order valence-electron chi connectivity index (χ3n) is 4.90. The maximum atomic E-state index is 13.1. The predicted octanol–water partition coefficient (Wildman–Crippen LogP) is 2.77. The van der Waals surface area contributed by atoms with E-state index >= 15 is 0 Å². The molecule has 1 atom stereocenters. The minimum atomic E-state index is -0.232. The van der Waals surface area contributed by atoms with Crippen molar-refractivity contribution in [3.8, 4) is 11.3 Å². The van der Waals surface area contributed by atoms with Crippen molar-refractivity contribution < 1.29 is 13.9 Å². The number of imidazole rings is 1. The zero-order valence-corrected chi connectivity index (χ0v) is 13.6. The van der Waals surface area contributed by atoms with E-state index in [1.54, 1.807) is 12.1 Å². The summed E-state index contributed by atoms with van der Waals surface area (Å²) in [5.41, 5.74) is 1.84. The predicted molar refractivity (Wildman–Crippen MR) is 88.1 cm³/mol. The molecule has 0 amide bonds.